The van der Waals surface area contributed by atoms with Gasteiger partial charge < -0.3 is 24.3 Å². The summed E-state index contributed by atoms with van der Waals surface area (Å²) in [5.41, 5.74) is 3.57. The fourth-order valence-corrected chi connectivity index (χ4v) is 6.99. The van der Waals surface area contributed by atoms with Crippen LogP contribution in [0.4, 0.5) is 17.3 Å². The first-order valence-corrected chi connectivity index (χ1v) is 19.9. The Morgan fingerprint density at radius 3 is 1.95 bits per heavy atom. The van der Waals surface area contributed by atoms with Crippen molar-refractivity contribution in [3.63, 3.8) is 0 Å². The van der Waals surface area contributed by atoms with Gasteiger partial charge in [-0.05, 0) is 80.9 Å². The lowest BCUT2D eigenvalue weighted by molar-refractivity contribution is -0.137. The van der Waals surface area contributed by atoms with Crippen molar-refractivity contribution in [3.8, 4) is 5.75 Å². The molecular weight excluding hydrogens is 821 g/mol. The van der Waals surface area contributed by atoms with Crippen molar-refractivity contribution in [2.45, 2.75) is 27.2 Å². The Labute approximate surface area is 334 Å². The third-order valence-corrected chi connectivity index (χ3v) is 10.4. The van der Waals surface area contributed by atoms with Crippen LogP contribution < -0.4 is 20.2 Å². The second-order valence-corrected chi connectivity index (χ2v) is 15.9. The zero-order valence-corrected chi connectivity index (χ0v) is 33.0. The number of rotatable bonds is 10. The summed E-state index contributed by atoms with van der Waals surface area (Å²) >= 11 is 0. The quantitative estimate of drug-likeness (QED) is 0.0515. The Balaban J connectivity index is 0.000000261. The van der Waals surface area contributed by atoms with Gasteiger partial charge in [-0.3, -0.25) is 33.2 Å². The van der Waals surface area contributed by atoms with Gasteiger partial charge in [-0.2, -0.15) is 16.8 Å². The van der Waals surface area contributed by atoms with Gasteiger partial charge >= 0.3 is 23.5 Å². The number of carbonyl (C=O) groups is 5. The molecular formula is C37H34N4O16S2. The van der Waals surface area contributed by atoms with Crippen molar-refractivity contribution < 1.29 is 69.3 Å². The van der Waals surface area contributed by atoms with Gasteiger partial charge in [0.1, 0.15) is 17.9 Å². The number of aliphatic carboxylic acids is 2. The molecule has 310 valence electrons. The maximum atomic E-state index is 12.7. The standard InChI is InChI=1S/C26H23N3O6.C10H7NO4.CH4O6S2/c1-14-11-15(2)28-26(27-14)29(4)18-7-5-17(6-8-18)24(32)34-19-9-10-20-16(3)21(13-23(30)31)25(33)35-22(20)12-19;12-8(13)5-11-7-4-2-1-3-6(7)9(14)10(11)15;2-8(3,4)1-9(5,6)7/h5-12H,13H2,1-4H3,(H,30,31);1-4H,5H2,(H,12,13);1H2,(H,2,3,4)(H,5,6,7). The van der Waals surface area contributed by atoms with Crippen LogP contribution in [0.2, 0.25) is 0 Å². The van der Waals surface area contributed by atoms with E-state index in [1.807, 2.05) is 31.9 Å². The molecule has 3 aromatic carbocycles. The fourth-order valence-electron chi connectivity index (χ4n) is 5.48. The second-order valence-electron chi connectivity index (χ2n) is 12.6. The maximum absolute atomic E-state index is 12.7. The molecule has 1 aliphatic rings. The zero-order valence-electron chi connectivity index (χ0n) is 31.3. The third-order valence-electron chi connectivity index (χ3n) is 8.03. The largest absolute Gasteiger partial charge is 0.481 e. The van der Waals surface area contributed by atoms with Crippen molar-refractivity contribution in [2.75, 3.05) is 28.5 Å². The highest BCUT2D eigenvalue weighted by molar-refractivity contribution is 8.02. The summed E-state index contributed by atoms with van der Waals surface area (Å²) in [6.07, 6.45) is -0.429. The number of anilines is 3. The molecule has 0 atom stereocenters. The number of aromatic nitrogens is 2. The molecule has 0 bridgehead atoms. The molecule has 1 amide bonds. The van der Waals surface area contributed by atoms with Crippen LogP contribution in [0, 0.1) is 20.8 Å². The molecule has 0 aliphatic carbocycles. The number of ether oxygens (including phenoxy) is 1. The van der Waals surface area contributed by atoms with E-state index >= 15 is 0 Å². The third kappa shape index (κ3) is 12.1. The second kappa shape index (κ2) is 18.1. The van der Waals surface area contributed by atoms with Crippen molar-refractivity contribution in [2.24, 2.45) is 0 Å². The first-order chi connectivity index (χ1) is 27.4. The maximum Gasteiger partial charge on any atom is 0.343 e. The molecule has 5 aromatic rings. The number of fused-ring (bicyclic) bond motifs is 2. The van der Waals surface area contributed by atoms with E-state index in [1.165, 1.54) is 12.1 Å². The lowest BCUT2D eigenvalue weighted by Crippen LogP contribution is -2.34. The van der Waals surface area contributed by atoms with Crippen molar-refractivity contribution in [3.05, 3.63) is 117 Å². The van der Waals surface area contributed by atoms with Crippen LogP contribution in [0.25, 0.3) is 11.0 Å². The van der Waals surface area contributed by atoms with Gasteiger partial charge in [0.15, 0.2) is 0 Å². The van der Waals surface area contributed by atoms with Gasteiger partial charge in [0.2, 0.25) is 11.0 Å². The van der Waals surface area contributed by atoms with Crippen LogP contribution in [0.1, 0.15) is 43.2 Å². The Hall–Kier alpha value is -6.88. The molecule has 3 heterocycles. The summed E-state index contributed by atoms with van der Waals surface area (Å²) in [5, 5.41) is 16.5. The van der Waals surface area contributed by atoms with Gasteiger partial charge in [-0.1, -0.05) is 12.1 Å². The van der Waals surface area contributed by atoms with Gasteiger partial charge in [-0.15, -0.1) is 0 Å². The number of Topliss-reactive ketones (excluding diaryl/α,β-unsaturated/α-hetero) is 1. The van der Waals surface area contributed by atoms with Crippen LogP contribution >= 0.6 is 0 Å². The van der Waals surface area contributed by atoms with E-state index in [4.69, 9.17) is 28.5 Å². The predicted molar refractivity (Wildman–Crippen MR) is 208 cm³/mol. The number of esters is 1. The molecule has 6 rings (SSSR count). The number of para-hydroxylation sites is 1. The number of benzene rings is 3. The number of ketones is 1. The molecule has 20 nitrogen and oxygen atoms in total. The molecule has 4 N–H and O–H groups in total. The van der Waals surface area contributed by atoms with Crippen molar-refractivity contribution in [1.82, 2.24) is 9.97 Å². The zero-order chi connectivity index (χ0) is 44.0. The van der Waals surface area contributed by atoms with E-state index in [1.54, 1.807) is 61.5 Å². The number of hydrogen-bond acceptors (Lipinski definition) is 15. The molecule has 2 aromatic heterocycles. The van der Waals surface area contributed by atoms with Crippen LogP contribution in [0.15, 0.2) is 82.0 Å². The van der Waals surface area contributed by atoms with E-state index < -0.39 is 73.5 Å². The summed E-state index contributed by atoms with van der Waals surface area (Å²) in [4.78, 5) is 80.9. The highest BCUT2D eigenvalue weighted by atomic mass is 32.3. The topological polar surface area (TPSA) is 306 Å². The van der Waals surface area contributed by atoms with E-state index in [2.05, 4.69) is 9.97 Å². The minimum Gasteiger partial charge on any atom is -0.481 e. The lowest BCUT2D eigenvalue weighted by atomic mass is 10.0. The predicted octanol–water partition coefficient (Wildman–Crippen LogP) is 3.14. The van der Waals surface area contributed by atoms with Gasteiger partial charge in [0, 0.05) is 35.6 Å². The van der Waals surface area contributed by atoms with Crippen LogP contribution in [-0.4, -0.2) is 94.4 Å². The van der Waals surface area contributed by atoms with E-state index in [-0.39, 0.29) is 22.5 Å². The first kappa shape index (κ1) is 44.8. The molecule has 0 fully saturated rings. The summed E-state index contributed by atoms with van der Waals surface area (Å²) in [5.74, 6) is -3.52. The van der Waals surface area contributed by atoms with Crippen LogP contribution in [0.5, 0.6) is 5.75 Å². The molecule has 0 saturated carbocycles. The monoisotopic (exact) mass is 854 g/mol. The molecule has 0 saturated heterocycles. The van der Waals surface area contributed by atoms with Crippen LogP contribution in [0.3, 0.4) is 0 Å². The summed E-state index contributed by atoms with van der Waals surface area (Å²) < 4.78 is 65.0. The molecule has 1 aliphatic heterocycles. The van der Waals surface area contributed by atoms with E-state index in [0.717, 1.165) is 22.0 Å². The number of carboxylic acid groups (broad SMARTS) is 2. The minimum absolute atomic E-state index is 0.0889. The summed E-state index contributed by atoms with van der Waals surface area (Å²) in [6, 6.07) is 19.7. The molecule has 59 heavy (non-hydrogen) atoms. The van der Waals surface area contributed by atoms with Crippen molar-refractivity contribution >= 4 is 78.1 Å². The van der Waals surface area contributed by atoms with Gasteiger partial charge in [-0.25, -0.2) is 19.6 Å². The highest BCUT2D eigenvalue weighted by Gasteiger charge is 2.36. The van der Waals surface area contributed by atoms with Crippen molar-refractivity contribution in [1.29, 1.82) is 0 Å². The number of amides is 1. The average molecular weight is 855 g/mol. The number of hydrogen-bond donors (Lipinski definition) is 4. The Kier molecular flexibility index (Phi) is 13.8. The minimum atomic E-state index is -4.62. The number of carboxylic acids is 2. The van der Waals surface area contributed by atoms with Crippen LogP contribution in [-0.2, 0) is 41.0 Å². The Morgan fingerprint density at radius 2 is 1.41 bits per heavy atom. The number of aryl methyl sites for hydroxylation is 3. The Morgan fingerprint density at radius 1 is 0.814 bits per heavy atom. The SMILES string of the molecule is Cc1cc(C)nc(N(C)c2ccc(C(=O)Oc3ccc4c(C)c(CC(=O)O)c(=O)oc4c3)cc2)n1.O=C(O)CN1C(=O)C(=O)c2ccccc21.O=S(=O)(O)CS(=O)(=O)O. The first-order valence-electron chi connectivity index (χ1n) is 16.7. The summed E-state index contributed by atoms with van der Waals surface area (Å²) in [7, 11) is -7.40. The number of carbonyl (C=O) groups excluding carboxylic acids is 3. The van der Waals surface area contributed by atoms with Gasteiger partial charge in [0.25, 0.3) is 31.9 Å². The Bertz CT molecular complexity index is 2720. The normalized spacial score (nSPS) is 12.1. The van der Waals surface area contributed by atoms with E-state index in [9.17, 15) is 45.6 Å². The van der Waals surface area contributed by atoms with E-state index in [0.29, 0.717) is 28.1 Å². The summed E-state index contributed by atoms with van der Waals surface area (Å²) in [6.45, 7) is 4.98. The molecule has 0 radical (unpaired) electrons. The molecule has 22 heteroatoms. The smallest absolute Gasteiger partial charge is 0.343 e. The number of nitrogens with zero attached hydrogens (tertiary/aromatic N) is 4. The fraction of sp³-hybridized carbons (Fsp3) is 0.189. The molecule has 0 unspecified atom stereocenters. The van der Waals surface area contributed by atoms with Gasteiger partial charge in [0.05, 0.1) is 28.8 Å². The lowest BCUT2D eigenvalue weighted by Gasteiger charge is -2.18. The molecule has 0 spiro atoms. The average Bonchev–Trinajstić information content (AvgIpc) is 3.36. The highest BCUT2D eigenvalue weighted by Crippen LogP contribution is 2.28.